The summed E-state index contributed by atoms with van der Waals surface area (Å²) < 4.78 is 13.2. The fourth-order valence-corrected chi connectivity index (χ4v) is 2.19. The number of carbonyl (C=O) groups is 1. The van der Waals surface area contributed by atoms with E-state index < -0.39 is 11.7 Å². The second kappa shape index (κ2) is 8.37. The summed E-state index contributed by atoms with van der Waals surface area (Å²) in [5.74, 6) is -0.767. The molecule has 0 radical (unpaired) electrons. The van der Waals surface area contributed by atoms with Gasteiger partial charge < -0.3 is 16.2 Å². The molecule has 24 heavy (non-hydrogen) atoms. The van der Waals surface area contributed by atoms with Crippen LogP contribution in [0.3, 0.4) is 0 Å². The first-order valence-electron chi connectivity index (χ1n) is 7.11. The number of aliphatic hydroxyl groups is 1. The monoisotopic (exact) mass is 350 g/mol. The summed E-state index contributed by atoms with van der Waals surface area (Å²) in [6.45, 7) is -0.0663. The number of nitrogens with two attached hydrogens (primary N) is 1. The van der Waals surface area contributed by atoms with Crippen LogP contribution in [-0.2, 0) is 11.2 Å². The number of carbonyl (C=O) groups excluding carboxylic acids is 1. The lowest BCUT2D eigenvalue weighted by Crippen LogP contribution is -2.28. The third-order valence-electron chi connectivity index (χ3n) is 3.15. The van der Waals surface area contributed by atoms with Gasteiger partial charge in [-0.3, -0.25) is 4.79 Å². The third kappa shape index (κ3) is 4.50. The molecule has 2 rings (SSSR count). The first kappa shape index (κ1) is 17.8. The number of amides is 1. The Kier molecular flexibility index (Phi) is 6.22. The second-order valence-electron chi connectivity index (χ2n) is 4.90. The Bertz CT molecular complexity index is 750. The minimum absolute atomic E-state index is 0.0546. The Morgan fingerprint density at radius 1 is 1.33 bits per heavy atom. The summed E-state index contributed by atoms with van der Waals surface area (Å²) in [6, 6.07) is 4.47. The molecule has 4 N–H and O–H groups in total. The Balaban J connectivity index is 2.11. The van der Waals surface area contributed by atoms with Crippen molar-refractivity contribution in [2.45, 2.75) is 6.42 Å². The van der Waals surface area contributed by atoms with Crippen molar-refractivity contribution in [3.63, 3.8) is 0 Å². The number of aromatic nitrogens is 2. The number of halogens is 2. The summed E-state index contributed by atoms with van der Waals surface area (Å²) in [7, 11) is 0. The van der Waals surface area contributed by atoms with E-state index in [0.29, 0.717) is 6.42 Å². The van der Waals surface area contributed by atoms with Crippen LogP contribution in [0.1, 0.15) is 17.0 Å². The summed E-state index contributed by atoms with van der Waals surface area (Å²) in [4.78, 5) is 20.1. The molecular weight excluding hydrogens is 335 g/mol. The van der Waals surface area contributed by atoms with Crippen LogP contribution < -0.4 is 11.1 Å². The van der Waals surface area contributed by atoms with Crippen molar-refractivity contribution < 1.29 is 14.3 Å². The van der Waals surface area contributed by atoms with Crippen molar-refractivity contribution in [3.05, 3.63) is 64.6 Å². The molecule has 0 saturated carbocycles. The van der Waals surface area contributed by atoms with Gasteiger partial charge in [-0.1, -0.05) is 17.7 Å². The number of nitrogens with one attached hydrogen (secondary N) is 1. The molecule has 1 aromatic heterocycles. The molecule has 0 aliphatic heterocycles. The maximum atomic E-state index is 13.2. The molecule has 0 saturated heterocycles. The molecule has 0 spiro atoms. The second-order valence-corrected chi connectivity index (χ2v) is 5.31. The first-order valence-corrected chi connectivity index (χ1v) is 7.49. The van der Waals surface area contributed by atoms with E-state index in [1.807, 2.05) is 0 Å². The number of hydrogen-bond acceptors (Lipinski definition) is 5. The Labute approximate surface area is 143 Å². The number of aliphatic hydroxyl groups excluding tert-OH is 1. The van der Waals surface area contributed by atoms with Crippen LogP contribution in [-0.4, -0.2) is 34.1 Å². The predicted octanol–water partition coefficient (Wildman–Crippen LogP) is 1.27. The predicted molar refractivity (Wildman–Crippen MR) is 88.5 cm³/mol. The van der Waals surface area contributed by atoms with E-state index in [1.54, 1.807) is 24.5 Å². The topological polar surface area (TPSA) is 101 Å². The van der Waals surface area contributed by atoms with Gasteiger partial charge in [0, 0.05) is 31.6 Å². The van der Waals surface area contributed by atoms with Crippen LogP contribution in [0.5, 0.6) is 0 Å². The van der Waals surface area contributed by atoms with Gasteiger partial charge in [0.1, 0.15) is 5.82 Å². The van der Waals surface area contributed by atoms with Crippen LogP contribution in [0.25, 0.3) is 5.57 Å². The molecule has 126 valence electrons. The van der Waals surface area contributed by atoms with Gasteiger partial charge in [0.2, 0.25) is 0 Å². The summed E-state index contributed by atoms with van der Waals surface area (Å²) in [6.07, 6.45) is 4.70. The lowest BCUT2D eigenvalue weighted by Gasteiger charge is -2.07. The number of hydrogen-bond donors (Lipinski definition) is 3. The van der Waals surface area contributed by atoms with E-state index in [2.05, 4.69) is 15.3 Å². The van der Waals surface area contributed by atoms with Crippen molar-refractivity contribution in [3.8, 4) is 0 Å². The zero-order valence-electron chi connectivity index (χ0n) is 12.7. The fourth-order valence-electron chi connectivity index (χ4n) is 1.99. The molecule has 0 aliphatic carbocycles. The van der Waals surface area contributed by atoms with Crippen LogP contribution >= 0.6 is 11.6 Å². The molecule has 6 nitrogen and oxygen atoms in total. The van der Waals surface area contributed by atoms with Crippen LogP contribution in [0.15, 0.2) is 36.8 Å². The zero-order valence-corrected chi connectivity index (χ0v) is 13.4. The minimum atomic E-state index is -0.473. The van der Waals surface area contributed by atoms with Crippen LogP contribution in [0.4, 0.5) is 4.39 Å². The smallest absolute Gasteiger partial charge is 0.256 e. The van der Waals surface area contributed by atoms with Gasteiger partial charge in [-0.2, -0.15) is 0 Å². The van der Waals surface area contributed by atoms with Crippen LogP contribution in [0, 0.1) is 5.82 Å². The molecule has 0 atom stereocenters. The van der Waals surface area contributed by atoms with Crippen molar-refractivity contribution in [1.29, 1.82) is 0 Å². The molecule has 0 bridgehead atoms. The van der Waals surface area contributed by atoms with E-state index in [0.717, 1.165) is 17.3 Å². The molecule has 2 aromatic rings. The molecule has 1 amide bonds. The maximum absolute atomic E-state index is 13.2. The molecule has 8 heteroatoms. The fraction of sp³-hybridized carbons (Fsp3) is 0.188. The van der Waals surface area contributed by atoms with Gasteiger partial charge in [0.15, 0.2) is 5.82 Å². The van der Waals surface area contributed by atoms with E-state index >= 15 is 0 Å². The van der Waals surface area contributed by atoms with Gasteiger partial charge in [0.05, 0.1) is 17.2 Å². The summed E-state index contributed by atoms with van der Waals surface area (Å²) in [5.41, 5.74) is 7.15. The van der Waals surface area contributed by atoms with Crippen molar-refractivity contribution in [2.24, 2.45) is 5.73 Å². The van der Waals surface area contributed by atoms with E-state index in [-0.39, 0.29) is 29.6 Å². The average Bonchev–Trinajstić information content (AvgIpc) is 2.58. The number of benzene rings is 1. The van der Waals surface area contributed by atoms with Crippen molar-refractivity contribution >= 4 is 23.1 Å². The highest BCUT2D eigenvalue weighted by Crippen LogP contribution is 2.18. The van der Waals surface area contributed by atoms with Gasteiger partial charge in [-0.15, -0.1) is 0 Å². The molecule has 1 aromatic carbocycles. The third-order valence-corrected chi connectivity index (χ3v) is 3.44. The van der Waals surface area contributed by atoms with Crippen molar-refractivity contribution in [2.75, 3.05) is 13.2 Å². The highest BCUT2D eigenvalue weighted by atomic mass is 35.5. The van der Waals surface area contributed by atoms with E-state index in [9.17, 15) is 9.18 Å². The SMILES string of the molecule is NC=C(C(=O)NCCO)c1ncc(Cc2ccc(F)c(Cl)c2)cn1. The largest absolute Gasteiger partial charge is 0.404 e. The van der Waals surface area contributed by atoms with Gasteiger partial charge in [0.25, 0.3) is 5.91 Å². The molecule has 0 aliphatic rings. The number of nitrogens with zero attached hydrogens (tertiary/aromatic N) is 2. The lowest BCUT2D eigenvalue weighted by molar-refractivity contribution is -0.115. The standard InChI is InChI=1S/C16H16ClFN4O2/c17-13-6-10(1-2-14(13)18)5-11-8-21-15(22-9-11)12(7-19)16(24)20-3-4-23/h1-2,6-9,23H,3-5,19H2,(H,20,24). The quantitative estimate of drug-likeness (QED) is 0.681. The average molecular weight is 351 g/mol. The lowest BCUT2D eigenvalue weighted by atomic mass is 10.1. The van der Waals surface area contributed by atoms with Gasteiger partial charge in [-0.25, -0.2) is 14.4 Å². The van der Waals surface area contributed by atoms with E-state index in [1.165, 1.54) is 6.07 Å². The normalized spacial score (nSPS) is 11.4. The number of rotatable bonds is 6. The Morgan fingerprint density at radius 3 is 2.62 bits per heavy atom. The Hall–Kier alpha value is -2.51. The maximum Gasteiger partial charge on any atom is 0.256 e. The van der Waals surface area contributed by atoms with Crippen LogP contribution in [0.2, 0.25) is 5.02 Å². The van der Waals surface area contributed by atoms with Gasteiger partial charge in [-0.05, 0) is 23.3 Å². The Morgan fingerprint density at radius 2 is 2.04 bits per heavy atom. The first-order chi connectivity index (χ1) is 11.5. The highest BCUT2D eigenvalue weighted by Gasteiger charge is 2.14. The van der Waals surface area contributed by atoms with E-state index in [4.69, 9.17) is 22.4 Å². The molecular formula is C16H16ClFN4O2. The zero-order chi connectivity index (χ0) is 17.5. The minimum Gasteiger partial charge on any atom is -0.404 e. The molecule has 1 heterocycles. The summed E-state index contributed by atoms with van der Waals surface area (Å²) >= 11 is 5.75. The molecule has 0 fully saturated rings. The van der Waals surface area contributed by atoms with Gasteiger partial charge >= 0.3 is 0 Å². The highest BCUT2D eigenvalue weighted by molar-refractivity contribution is 6.30. The summed E-state index contributed by atoms with van der Waals surface area (Å²) in [5, 5.41) is 11.3. The molecule has 0 unspecified atom stereocenters. The van der Waals surface area contributed by atoms with Crippen molar-refractivity contribution in [1.82, 2.24) is 15.3 Å².